The van der Waals surface area contributed by atoms with E-state index >= 15 is 0 Å². The second kappa shape index (κ2) is 7.33. The Morgan fingerprint density at radius 3 is 2.84 bits per heavy atom. The van der Waals surface area contributed by atoms with Gasteiger partial charge < -0.3 is 5.73 Å². The van der Waals surface area contributed by atoms with Crippen molar-refractivity contribution in [1.29, 1.82) is 10.5 Å². The summed E-state index contributed by atoms with van der Waals surface area (Å²) in [5.74, 6) is -0.641. The molecule has 5 rings (SSSR count). The van der Waals surface area contributed by atoms with E-state index in [-0.39, 0.29) is 11.6 Å². The number of nitrogens with two attached hydrogens (primary N) is 1. The van der Waals surface area contributed by atoms with Gasteiger partial charge in [0, 0.05) is 29.7 Å². The third kappa shape index (κ3) is 3.08. The maximum absolute atomic E-state index is 11.6. The lowest BCUT2D eigenvalue weighted by atomic mass is 9.67. The average molecular weight is 422 g/mol. The smallest absolute Gasteiger partial charge is 0.267 e. The Morgan fingerprint density at radius 2 is 2.09 bits per heavy atom. The molecule has 0 bridgehead atoms. The lowest BCUT2D eigenvalue weighted by Crippen LogP contribution is -2.46. The van der Waals surface area contributed by atoms with Gasteiger partial charge in [-0.1, -0.05) is 6.07 Å². The Morgan fingerprint density at radius 1 is 1.25 bits per heavy atom. The van der Waals surface area contributed by atoms with Gasteiger partial charge in [0.25, 0.3) is 5.91 Å². The highest BCUT2D eigenvalue weighted by Crippen LogP contribution is 2.46. The van der Waals surface area contributed by atoms with E-state index in [4.69, 9.17) is 5.73 Å². The fraction of sp³-hybridized carbons (Fsp3) is 0.217. The van der Waals surface area contributed by atoms with Gasteiger partial charge in [-0.2, -0.15) is 15.6 Å². The Hall–Kier alpha value is -4.50. The first-order valence-electron chi connectivity index (χ1n) is 10.1. The molecule has 32 heavy (non-hydrogen) atoms. The van der Waals surface area contributed by atoms with Gasteiger partial charge in [-0.15, -0.1) is 0 Å². The molecule has 0 aliphatic heterocycles. The molecule has 0 radical (unpaired) electrons. The van der Waals surface area contributed by atoms with Crippen LogP contribution in [0.25, 0.3) is 28.2 Å². The van der Waals surface area contributed by atoms with Crippen molar-refractivity contribution in [3.05, 3.63) is 60.8 Å². The van der Waals surface area contributed by atoms with Gasteiger partial charge in [0.2, 0.25) is 0 Å². The molecule has 1 aliphatic rings. The van der Waals surface area contributed by atoms with E-state index in [1.165, 1.54) is 0 Å². The number of hydrogen-bond acceptors (Lipinski definition) is 6. The predicted molar refractivity (Wildman–Crippen MR) is 115 cm³/mol. The number of imidazole rings is 1. The van der Waals surface area contributed by atoms with E-state index in [9.17, 15) is 15.3 Å². The van der Waals surface area contributed by atoms with Crippen molar-refractivity contribution in [3.63, 3.8) is 0 Å². The third-order valence-electron chi connectivity index (χ3n) is 6.01. The van der Waals surface area contributed by atoms with Crippen LogP contribution in [-0.4, -0.2) is 30.1 Å². The summed E-state index contributed by atoms with van der Waals surface area (Å²) in [6, 6.07) is 13.5. The number of carbonyl (C=O) groups is 1. The number of fused-ring (bicyclic) bond motifs is 1. The number of aromatic nitrogens is 5. The number of primary amides is 1. The number of hydrogen-bond donors (Lipinski definition) is 1. The standard InChI is InChI=1S/C23H18N8O/c24-5-4-23(10-15(11-23)12-25)31-14-17(13-28-31)20-8-16(9-21-27-6-7-30(20)21)18-2-1-3-19(29-18)22(26)32/h1-3,6-9,13-15H,4,10-11H2,(H2,26,32). The fourth-order valence-electron chi connectivity index (χ4n) is 4.35. The van der Waals surface area contributed by atoms with Gasteiger partial charge in [-0.3, -0.25) is 13.9 Å². The maximum atomic E-state index is 11.6. The number of pyridine rings is 2. The molecule has 4 aromatic heterocycles. The summed E-state index contributed by atoms with van der Waals surface area (Å²) < 4.78 is 3.76. The van der Waals surface area contributed by atoms with Crippen molar-refractivity contribution in [1.82, 2.24) is 24.1 Å². The van der Waals surface area contributed by atoms with Crippen LogP contribution in [0.15, 0.2) is 55.1 Å². The van der Waals surface area contributed by atoms with Crippen LogP contribution in [0.1, 0.15) is 29.8 Å². The molecule has 4 aromatic rings. The van der Waals surface area contributed by atoms with Crippen LogP contribution >= 0.6 is 0 Å². The molecule has 1 saturated carbocycles. The summed E-state index contributed by atoms with van der Waals surface area (Å²) in [7, 11) is 0. The van der Waals surface area contributed by atoms with Gasteiger partial charge in [0.05, 0.1) is 47.6 Å². The van der Waals surface area contributed by atoms with Gasteiger partial charge in [0.1, 0.15) is 11.3 Å². The van der Waals surface area contributed by atoms with Crippen molar-refractivity contribution in [2.24, 2.45) is 11.7 Å². The fourth-order valence-corrected chi connectivity index (χ4v) is 4.35. The zero-order valence-electron chi connectivity index (χ0n) is 17.0. The summed E-state index contributed by atoms with van der Waals surface area (Å²) in [5.41, 5.74) is 8.94. The first-order valence-corrected chi connectivity index (χ1v) is 10.1. The minimum absolute atomic E-state index is 0.0525. The number of nitrogens with zero attached hydrogens (tertiary/aromatic N) is 7. The van der Waals surface area contributed by atoms with E-state index in [0.717, 1.165) is 22.5 Å². The molecule has 0 spiro atoms. The number of carbonyl (C=O) groups excluding carboxylic acids is 1. The molecule has 0 unspecified atom stereocenters. The summed E-state index contributed by atoms with van der Waals surface area (Å²) in [6.07, 6.45) is 8.77. The van der Waals surface area contributed by atoms with Crippen LogP contribution in [0.2, 0.25) is 0 Å². The number of nitriles is 2. The van der Waals surface area contributed by atoms with E-state index < -0.39 is 11.4 Å². The molecule has 4 heterocycles. The first kappa shape index (κ1) is 19.5. The van der Waals surface area contributed by atoms with E-state index in [2.05, 4.69) is 27.2 Å². The van der Waals surface area contributed by atoms with Crippen molar-refractivity contribution in [2.45, 2.75) is 24.8 Å². The van der Waals surface area contributed by atoms with Crippen LogP contribution in [0, 0.1) is 28.6 Å². The first-order chi connectivity index (χ1) is 15.5. The van der Waals surface area contributed by atoms with Gasteiger partial charge >= 0.3 is 0 Å². The number of rotatable bonds is 5. The van der Waals surface area contributed by atoms with Crippen LogP contribution < -0.4 is 5.73 Å². The monoisotopic (exact) mass is 422 g/mol. The van der Waals surface area contributed by atoms with Crippen molar-refractivity contribution in [2.75, 3.05) is 0 Å². The van der Waals surface area contributed by atoms with E-state index in [0.29, 0.717) is 25.0 Å². The van der Waals surface area contributed by atoms with E-state index in [1.54, 1.807) is 24.5 Å². The van der Waals surface area contributed by atoms with Crippen LogP contribution in [0.5, 0.6) is 0 Å². The minimum Gasteiger partial charge on any atom is -0.364 e. The Bertz CT molecular complexity index is 1430. The molecule has 2 N–H and O–H groups in total. The topological polar surface area (TPSA) is 139 Å². The van der Waals surface area contributed by atoms with Gasteiger partial charge in [-0.05, 0) is 37.1 Å². The highest BCUT2D eigenvalue weighted by atomic mass is 16.1. The second-order valence-corrected chi connectivity index (χ2v) is 8.02. The van der Waals surface area contributed by atoms with Crippen LogP contribution in [0.4, 0.5) is 0 Å². The summed E-state index contributed by atoms with van der Waals surface area (Å²) in [5, 5.41) is 23.1. The molecule has 156 valence electrons. The zero-order chi connectivity index (χ0) is 22.3. The maximum Gasteiger partial charge on any atom is 0.267 e. The second-order valence-electron chi connectivity index (χ2n) is 8.02. The van der Waals surface area contributed by atoms with Crippen molar-refractivity contribution < 1.29 is 4.79 Å². The number of amides is 1. The molecule has 1 amide bonds. The zero-order valence-corrected chi connectivity index (χ0v) is 17.0. The molecule has 1 aliphatic carbocycles. The Labute approximate surface area is 183 Å². The van der Waals surface area contributed by atoms with E-state index in [1.807, 2.05) is 39.7 Å². The highest BCUT2D eigenvalue weighted by molar-refractivity contribution is 5.91. The molecule has 0 saturated heterocycles. The van der Waals surface area contributed by atoms with Crippen molar-refractivity contribution in [3.8, 4) is 34.7 Å². The SMILES string of the molecule is N#CCC1(n2cc(-c3cc(-c4cccc(C(N)=O)n4)cc4nccn34)cn2)CC(C#N)C1. The summed E-state index contributed by atoms with van der Waals surface area (Å²) in [6.45, 7) is 0. The third-order valence-corrected chi connectivity index (χ3v) is 6.01. The van der Waals surface area contributed by atoms with Crippen LogP contribution in [0.3, 0.4) is 0 Å². The molecule has 9 heteroatoms. The lowest BCUT2D eigenvalue weighted by Gasteiger charge is -2.43. The normalized spacial score (nSPS) is 19.8. The molecular weight excluding hydrogens is 404 g/mol. The molecular formula is C23H18N8O. The molecule has 0 aromatic carbocycles. The van der Waals surface area contributed by atoms with Gasteiger partial charge in [-0.25, -0.2) is 9.97 Å². The largest absolute Gasteiger partial charge is 0.364 e. The summed E-state index contributed by atoms with van der Waals surface area (Å²) >= 11 is 0. The average Bonchev–Trinajstić information content (AvgIpc) is 3.45. The molecule has 1 fully saturated rings. The van der Waals surface area contributed by atoms with Gasteiger partial charge in [0.15, 0.2) is 0 Å². The quantitative estimate of drug-likeness (QED) is 0.525. The highest BCUT2D eigenvalue weighted by Gasteiger charge is 2.46. The Balaban J connectivity index is 1.59. The molecule has 0 atom stereocenters. The van der Waals surface area contributed by atoms with Crippen LogP contribution in [-0.2, 0) is 5.54 Å². The molecule has 9 nitrogen and oxygen atoms in total. The predicted octanol–water partition coefficient (Wildman–Crippen LogP) is 2.90. The van der Waals surface area contributed by atoms with Crippen molar-refractivity contribution >= 4 is 11.6 Å². The lowest BCUT2D eigenvalue weighted by molar-refractivity contribution is 0.0881. The summed E-state index contributed by atoms with van der Waals surface area (Å²) in [4.78, 5) is 20.4. The Kier molecular flexibility index (Phi) is 4.46. The minimum atomic E-state index is -0.589.